The summed E-state index contributed by atoms with van der Waals surface area (Å²) < 4.78 is 0. The Bertz CT molecular complexity index is 3850. The molecule has 0 aromatic heterocycles. The molecule has 0 unspecified atom stereocenters. The quantitative estimate of drug-likeness (QED) is 0.0894. The highest BCUT2D eigenvalue weighted by Crippen LogP contribution is 2.46. The monoisotopic (exact) mass is 1080 g/mol. The van der Waals surface area contributed by atoms with Crippen molar-refractivity contribution in [3.63, 3.8) is 0 Å². The molecular weight excluding hydrogens is 1020 g/mol. The summed E-state index contributed by atoms with van der Waals surface area (Å²) in [5, 5.41) is 2.30. The summed E-state index contributed by atoms with van der Waals surface area (Å²) in [5.41, 5.74) is 25.2. The zero-order chi connectivity index (χ0) is 57.5. The molecule has 0 aliphatic carbocycles. The van der Waals surface area contributed by atoms with Gasteiger partial charge in [0.05, 0.1) is 11.4 Å². The fourth-order valence-corrected chi connectivity index (χ4v) is 10.9. The summed E-state index contributed by atoms with van der Waals surface area (Å²) in [5.74, 6) is 0. The molecule has 4 heteroatoms. The fourth-order valence-electron chi connectivity index (χ4n) is 10.9. The largest absolute Gasteiger partial charge is 0.311 e. The van der Waals surface area contributed by atoms with E-state index in [-0.39, 0.29) is 0 Å². The first-order valence-electron chi connectivity index (χ1n) is 29.0. The number of fused-ring (bicyclic) bond motifs is 1. The van der Waals surface area contributed by atoms with Crippen LogP contribution in [-0.4, -0.2) is 0 Å². The van der Waals surface area contributed by atoms with Gasteiger partial charge < -0.3 is 19.6 Å². The Hall–Kier alpha value is -10.4. The Balaban J connectivity index is 0.822. The first kappa shape index (κ1) is 54.2. The van der Waals surface area contributed by atoms with Crippen LogP contribution in [0.1, 0.15) is 55.6 Å². The molecule has 0 heterocycles. The Morgan fingerprint density at radius 1 is 0.179 bits per heavy atom. The molecule has 0 atom stereocenters. The average molecular weight is 1090 g/mol. The van der Waals surface area contributed by atoms with E-state index in [1.807, 2.05) is 0 Å². The van der Waals surface area contributed by atoms with Gasteiger partial charge in [-0.1, -0.05) is 203 Å². The number of hydrogen-bond acceptors (Lipinski definition) is 4. The molecule has 0 aliphatic heterocycles. The molecule has 408 valence electrons. The molecule has 0 aliphatic rings. The number of rotatable bonds is 16. The SMILES string of the molecule is Cc1ccc(N(c2ccc(C)cc2)c2ccc(C=Cc3ccc(N(c4ccc(C)cc4)c4ccc(N(c5ccc(C)cc5)c5ccc(C=Cc6ccc(N(c7ccc(C)cc7)c7ccc(C)cc7)cc6)cc5)c5ccccc45)cc3)cc2)cc1. The molecule has 4 nitrogen and oxygen atoms in total. The Labute approximate surface area is 496 Å². The van der Waals surface area contributed by atoms with Crippen LogP contribution in [-0.2, 0) is 0 Å². The zero-order valence-electron chi connectivity index (χ0n) is 48.7. The molecule has 84 heavy (non-hydrogen) atoms. The van der Waals surface area contributed by atoms with Crippen LogP contribution in [0.5, 0.6) is 0 Å². The van der Waals surface area contributed by atoms with Crippen LogP contribution in [0.15, 0.2) is 279 Å². The predicted octanol–water partition coefficient (Wildman–Crippen LogP) is 22.9. The number of benzene rings is 12. The normalized spacial score (nSPS) is 11.4. The predicted molar refractivity (Wildman–Crippen MR) is 362 cm³/mol. The van der Waals surface area contributed by atoms with E-state index >= 15 is 0 Å². The van der Waals surface area contributed by atoms with Gasteiger partial charge in [-0.05, 0) is 197 Å². The van der Waals surface area contributed by atoms with Crippen molar-refractivity contribution in [1.82, 2.24) is 0 Å². The van der Waals surface area contributed by atoms with Gasteiger partial charge in [0, 0.05) is 67.6 Å². The van der Waals surface area contributed by atoms with E-state index in [9.17, 15) is 0 Å². The van der Waals surface area contributed by atoms with E-state index in [2.05, 4.69) is 364 Å². The molecule has 0 saturated carbocycles. The van der Waals surface area contributed by atoms with Crippen molar-refractivity contribution in [2.45, 2.75) is 41.5 Å². The van der Waals surface area contributed by atoms with Crippen LogP contribution >= 0.6 is 0 Å². The van der Waals surface area contributed by atoms with Gasteiger partial charge in [-0.25, -0.2) is 0 Å². The van der Waals surface area contributed by atoms with Crippen molar-refractivity contribution >= 4 is 103 Å². The van der Waals surface area contributed by atoms with Gasteiger partial charge in [0.1, 0.15) is 0 Å². The maximum Gasteiger partial charge on any atom is 0.0541 e. The van der Waals surface area contributed by atoms with Crippen molar-refractivity contribution in [2.24, 2.45) is 0 Å². The van der Waals surface area contributed by atoms with Gasteiger partial charge in [0.2, 0.25) is 0 Å². The number of aryl methyl sites for hydroxylation is 6. The lowest BCUT2D eigenvalue weighted by atomic mass is 10.0. The van der Waals surface area contributed by atoms with Crippen molar-refractivity contribution in [1.29, 1.82) is 0 Å². The molecule has 0 amide bonds. The zero-order valence-corrected chi connectivity index (χ0v) is 48.7. The van der Waals surface area contributed by atoms with Gasteiger partial charge >= 0.3 is 0 Å². The van der Waals surface area contributed by atoms with Crippen molar-refractivity contribution < 1.29 is 0 Å². The maximum absolute atomic E-state index is 2.39. The molecular formula is C80H68N4. The smallest absolute Gasteiger partial charge is 0.0541 e. The lowest BCUT2D eigenvalue weighted by molar-refractivity contribution is 1.27. The van der Waals surface area contributed by atoms with Crippen LogP contribution < -0.4 is 19.6 Å². The Kier molecular flexibility index (Phi) is 15.7. The topological polar surface area (TPSA) is 13.0 Å². The maximum atomic E-state index is 2.39. The lowest BCUT2D eigenvalue weighted by Crippen LogP contribution is -2.13. The van der Waals surface area contributed by atoms with E-state index in [4.69, 9.17) is 0 Å². The van der Waals surface area contributed by atoms with Crippen molar-refractivity contribution in [3.8, 4) is 0 Å². The van der Waals surface area contributed by atoms with Crippen LogP contribution in [0, 0.1) is 41.5 Å². The van der Waals surface area contributed by atoms with Crippen LogP contribution in [0.4, 0.5) is 68.2 Å². The lowest BCUT2D eigenvalue weighted by Gasteiger charge is -2.30. The standard InChI is InChI=1S/C80H68N4/c1-57-11-35-67(36-12-57)81(68-37-13-58(2)14-38-68)71-47-27-63(28-48-71)23-25-65-31-51-75(52-32-65)83(73-43-19-61(5)20-44-73)79-55-56-80(78-10-8-7-9-77(78)79)84(74-45-21-62(6)22-46-74)76-53-33-66(34-54-76)26-24-64-29-49-72(50-30-64)82(69-39-15-59(3)16-40-69)70-41-17-60(4)18-42-70/h7-56H,1-6H3. The minimum Gasteiger partial charge on any atom is -0.311 e. The third kappa shape index (κ3) is 12.1. The second-order valence-corrected chi connectivity index (χ2v) is 22.0. The van der Waals surface area contributed by atoms with Gasteiger partial charge in [0.25, 0.3) is 0 Å². The molecule has 0 bridgehead atoms. The molecule has 0 spiro atoms. The number of anilines is 12. The Morgan fingerprint density at radius 2 is 0.345 bits per heavy atom. The summed E-state index contributed by atoms with van der Waals surface area (Å²) in [6.07, 6.45) is 8.79. The number of nitrogens with zero attached hydrogens (tertiary/aromatic N) is 4. The van der Waals surface area contributed by atoms with Crippen LogP contribution in [0.2, 0.25) is 0 Å². The van der Waals surface area contributed by atoms with Crippen LogP contribution in [0.25, 0.3) is 35.1 Å². The second kappa shape index (κ2) is 24.4. The van der Waals surface area contributed by atoms with Crippen molar-refractivity contribution in [2.75, 3.05) is 19.6 Å². The molecule has 0 fully saturated rings. The third-order valence-corrected chi connectivity index (χ3v) is 15.7. The molecule has 12 aromatic carbocycles. The fraction of sp³-hybridized carbons (Fsp3) is 0.0750. The molecule has 0 radical (unpaired) electrons. The summed E-state index contributed by atoms with van der Waals surface area (Å²) in [6, 6.07) is 102. The molecule has 0 N–H and O–H groups in total. The van der Waals surface area contributed by atoms with E-state index in [0.717, 1.165) is 101 Å². The molecule has 12 aromatic rings. The molecule has 0 saturated heterocycles. The highest BCUT2D eigenvalue weighted by Gasteiger charge is 2.22. The van der Waals surface area contributed by atoms with E-state index in [1.54, 1.807) is 0 Å². The summed E-state index contributed by atoms with van der Waals surface area (Å²) in [7, 11) is 0. The average Bonchev–Trinajstić information content (AvgIpc) is 1.87. The minimum atomic E-state index is 1.08. The third-order valence-electron chi connectivity index (χ3n) is 15.7. The van der Waals surface area contributed by atoms with Crippen LogP contribution in [0.3, 0.4) is 0 Å². The second-order valence-electron chi connectivity index (χ2n) is 22.0. The van der Waals surface area contributed by atoms with Gasteiger partial charge in [-0.2, -0.15) is 0 Å². The van der Waals surface area contributed by atoms with E-state index < -0.39 is 0 Å². The van der Waals surface area contributed by atoms with E-state index in [1.165, 1.54) is 33.4 Å². The Morgan fingerprint density at radius 3 is 0.536 bits per heavy atom. The van der Waals surface area contributed by atoms with Gasteiger partial charge in [0.15, 0.2) is 0 Å². The highest BCUT2D eigenvalue weighted by atomic mass is 15.2. The summed E-state index contributed by atoms with van der Waals surface area (Å²) in [4.78, 5) is 9.41. The summed E-state index contributed by atoms with van der Waals surface area (Å²) >= 11 is 0. The summed E-state index contributed by atoms with van der Waals surface area (Å²) in [6.45, 7) is 12.8. The van der Waals surface area contributed by atoms with E-state index in [0.29, 0.717) is 0 Å². The minimum absolute atomic E-state index is 1.08. The first-order valence-corrected chi connectivity index (χ1v) is 29.0. The number of hydrogen-bond donors (Lipinski definition) is 0. The first-order chi connectivity index (χ1) is 41.1. The highest BCUT2D eigenvalue weighted by molar-refractivity contribution is 6.07. The molecule has 12 rings (SSSR count). The van der Waals surface area contributed by atoms with Gasteiger partial charge in [-0.15, -0.1) is 0 Å². The van der Waals surface area contributed by atoms with Crippen molar-refractivity contribution in [3.05, 3.63) is 335 Å². The van der Waals surface area contributed by atoms with Gasteiger partial charge in [-0.3, -0.25) is 0 Å².